The van der Waals surface area contributed by atoms with Crippen LogP contribution in [0.5, 0.6) is 5.75 Å². The van der Waals surface area contributed by atoms with E-state index >= 15 is 0 Å². The van der Waals surface area contributed by atoms with E-state index in [-0.39, 0.29) is 11.7 Å². The number of benzene rings is 1. The van der Waals surface area contributed by atoms with Gasteiger partial charge in [-0.3, -0.25) is 9.59 Å². The van der Waals surface area contributed by atoms with Crippen LogP contribution in [0.15, 0.2) is 18.2 Å². The van der Waals surface area contributed by atoms with Gasteiger partial charge in [-0.25, -0.2) is 0 Å². The van der Waals surface area contributed by atoms with Gasteiger partial charge in [-0.2, -0.15) is 0 Å². The van der Waals surface area contributed by atoms with E-state index in [1.165, 1.54) is 0 Å². The molecule has 1 saturated heterocycles. The molecule has 1 aliphatic heterocycles. The number of piperidine rings is 1. The summed E-state index contributed by atoms with van der Waals surface area (Å²) in [5, 5.41) is 0. The topological polar surface area (TPSA) is 46.6 Å². The molecule has 0 aliphatic carbocycles. The maximum absolute atomic E-state index is 12.0. The predicted molar refractivity (Wildman–Crippen MR) is 76.8 cm³/mol. The molecule has 20 heavy (non-hydrogen) atoms. The van der Waals surface area contributed by atoms with Crippen molar-refractivity contribution in [2.75, 3.05) is 19.7 Å². The molecule has 1 amide bonds. The normalized spacial score (nSPS) is 15.3. The van der Waals surface area contributed by atoms with Crippen LogP contribution in [0, 0.1) is 13.8 Å². The number of amides is 1. The second-order valence-electron chi connectivity index (χ2n) is 5.24. The lowest BCUT2D eigenvalue weighted by Gasteiger charge is -2.26. The van der Waals surface area contributed by atoms with Gasteiger partial charge in [0.1, 0.15) is 11.5 Å². The van der Waals surface area contributed by atoms with Crippen LogP contribution < -0.4 is 4.74 Å². The van der Waals surface area contributed by atoms with Crippen LogP contribution in [0.1, 0.15) is 30.4 Å². The number of para-hydroxylation sites is 1. The number of ketones is 1. The van der Waals surface area contributed by atoms with E-state index in [0.29, 0.717) is 39.0 Å². The van der Waals surface area contributed by atoms with Gasteiger partial charge in [0, 0.05) is 25.9 Å². The van der Waals surface area contributed by atoms with Crippen molar-refractivity contribution in [3.05, 3.63) is 29.3 Å². The Morgan fingerprint density at radius 2 is 1.80 bits per heavy atom. The van der Waals surface area contributed by atoms with E-state index in [1.54, 1.807) is 4.90 Å². The Kier molecular flexibility index (Phi) is 4.77. The zero-order valence-corrected chi connectivity index (χ0v) is 12.1. The first kappa shape index (κ1) is 14.6. The number of carbonyl (C=O) groups excluding carboxylic acids is 2. The van der Waals surface area contributed by atoms with Crippen molar-refractivity contribution in [2.45, 2.75) is 33.1 Å². The maximum atomic E-state index is 12.0. The highest BCUT2D eigenvalue weighted by Crippen LogP contribution is 2.22. The van der Waals surface area contributed by atoms with E-state index in [1.807, 2.05) is 32.0 Å². The predicted octanol–water partition coefficient (Wildman–Crippen LogP) is 2.26. The molecule has 1 fully saturated rings. The Morgan fingerprint density at radius 1 is 1.20 bits per heavy atom. The molecule has 0 bridgehead atoms. The summed E-state index contributed by atoms with van der Waals surface area (Å²) in [5.41, 5.74) is 2.17. The summed E-state index contributed by atoms with van der Waals surface area (Å²) >= 11 is 0. The largest absolute Gasteiger partial charge is 0.493 e. The first-order chi connectivity index (χ1) is 9.58. The highest BCUT2D eigenvalue weighted by molar-refractivity contribution is 5.83. The third-order valence-corrected chi connectivity index (χ3v) is 3.64. The molecule has 1 aromatic carbocycles. The van der Waals surface area contributed by atoms with Crippen LogP contribution >= 0.6 is 0 Å². The molecule has 0 radical (unpaired) electrons. The molecular weight excluding hydrogens is 254 g/mol. The summed E-state index contributed by atoms with van der Waals surface area (Å²) in [4.78, 5) is 24.9. The molecular formula is C16H21NO3. The summed E-state index contributed by atoms with van der Waals surface area (Å²) in [7, 11) is 0. The van der Waals surface area contributed by atoms with E-state index in [0.717, 1.165) is 16.9 Å². The van der Waals surface area contributed by atoms with Crippen molar-refractivity contribution < 1.29 is 14.3 Å². The summed E-state index contributed by atoms with van der Waals surface area (Å²) < 4.78 is 5.74. The Balaban J connectivity index is 1.81. The van der Waals surface area contributed by atoms with Gasteiger partial charge >= 0.3 is 0 Å². The number of carbonyl (C=O) groups is 2. The minimum Gasteiger partial charge on any atom is -0.493 e. The molecule has 0 saturated carbocycles. The molecule has 0 aromatic heterocycles. The van der Waals surface area contributed by atoms with Gasteiger partial charge in [-0.1, -0.05) is 18.2 Å². The highest BCUT2D eigenvalue weighted by atomic mass is 16.5. The summed E-state index contributed by atoms with van der Waals surface area (Å²) in [5.74, 6) is 1.19. The van der Waals surface area contributed by atoms with Crippen molar-refractivity contribution in [1.29, 1.82) is 0 Å². The molecule has 1 aliphatic rings. The van der Waals surface area contributed by atoms with E-state index in [4.69, 9.17) is 4.74 Å². The number of aryl methyl sites for hydroxylation is 2. The molecule has 4 nitrogen and oxygen atoms in total. The Morgan fingerprint density at radius 3 is 2.40 bits per heavy atom. The van der Waals surface area contributed by atoms with Gasteiger partial charge < -0.3 is 9.64 Å². The van der Waals surface area contributed by atoms with Crippen molar-refractivity contribution >= 4 is 11.7 Å². The molecule has 0 unspecified atom stereocenters. The molecule has 0 spiro atoms. The van der Waals surface area contributed by atoms with Crippen LogP contribution in [0.2, 0.25) is 0 Å². The number of rotatable bonds is 4. The Bertz CT molecular complexity index is 480. The van der Waals surface area contributed by atoms with E-state index < -0.39 is 0 Å². The lowest BCUT2D eigenvalue weighted by molar-refractivity contribution is -0.134. The number of likely N-dealkylation sites (tertiary alicyclic amines) is 1. The molecule has 0 N–H and O–H groups in total. The monoisotopic (exact) mass is 275 g/mol. The van der Waals surface area contributed by atoms with E-state index in [2.05, 4.69) is 0 Å². The zero-order chi connectivity index (χ0) is 14.5. The Labute approximate surface area is 119 Å². The van der Waals surface area contributed by atoms with Gasteiger partial charge in [0.2, 0.25) is 5.91 Å². The van der Waals surface area contributed by atoms with Crippen molar-refractivity contribution in [2.24, 2.45) is 0 Å². The summed E-state index contributed by atoms with van der Waals surface area (Å²) in [6.07, 6.45) is 1.34. The second kappa shape index (κ2) is 6.55. The van der Waals surface area contributed by atoms with E-state index in [9.17, 15) is 9.59 Å². The number of hydrogen-bond acceptors (Lipinski definition) is 3. The number of nitrogens with zero attached hydrogens (tertiary/aromatic N) is 1. The molecule has 0 atom stereocenters. The third-order valence-electron chi connectivity index (χ3n) is 3.64. The first-order valence-corrected chi connectivity index (χ1v) is 7.06. The van der Waals surface area contributed by atoms with Crippen molar-refractivity contribution in [1.82, 2.24) is 4.90 Å². The first-order valence-electron chi connectivity index (χ1n) is 7.06. The van der Waals surface area contributed by atoms with Crippen molar-refractivity contribution in [3.63, 3.8) is 0 Å². The van der Waals surface area contributed by atoms with Crippen LogP contribution in [-0.2, 0) is 9.59 Å². The number of hydrogen-bond donors (Lipinski definition) is 0. The van der Waals surface area contributed by atoms with Crippen LogP contribution in [0.25, 0.3) is 0 Å². The second-order valence-corrected chi connectivity index (χ2v) is 5.24. The zero-order valence-electron chi connectivity index (χ0n) is 12.1. The lowest BCUT2D eigenvalue weighted by atomic mass is 10.1. The van der Waals surface area contributed by atoms with Gasteiger partial charge in [0.15, 0.2) is 0 Å². The maximum Gasteiger partial charge on any atom is 0.226 e. The quantitative estimate of drug-likeness (QED) is 0.847. The van der Waals surface area contributed by atoms with Crippen LogP contribution in [-0.4, -0.2) is 36.3 Å². The minimum absolute atomic E-state index is 0.0729. The van der Waals surface area contributed by atoms with Crippen molar-refractivity contribution in [3.8, 4) is 5.75 Å². The third kappa shape index (κ3) is 3.59. The summed E-state index contributed by atoms with van der Waals surface area (Å²) in [6.45, 7) is 5.50. The average molecular weight is 275 g/mol. The number of ether oxygens (including phenoxy) is 1. The number of Topliss-reactive ketones (excluding diaryl/α,β-unsaturated/α-hetero) is 1. The fourth-order valence-electron chi connectivity index (χ4n) is 2.43. The SMILES string of the molecule is Cc1cccc(C)c1OCCC(=O)N1CCC(=O)CC1. The fraction of sp³-hybridized carbons (Fsp3) is 0.500. The van der Waals surface area contributed by atoms with Gasteiger partial charge in [0.05, 0.1) is 13.0 Å². The molecule has 108 valence electrons. The standard InChI is InChI=1S/C16H21NO3/c1-12-4-3-5-13(2)16(12)20-11-8-15(19)17-9-6-14(18)7-10-17/h3-5H,6-11H2,1-2H3. The Hall–Kier alpha value is -1.84. The molecule has 1 heterocycles. The minimum atomic E-state index is 0.0729. The average Bonchev–Trinajstić information content (AvgIpc) is 2.42. The fourth-order valence-corrected chi connectivity index (χ4v) is 2.43. The molecule has 2 rings (SSSR count). The summed E-state index contributed by atoms with van der Waals surface area (Å²) in [6, 6.07) is 5.99. The van der Waals surface area contributed by atoms with Crippen LogP contribution in [0.3, 0.4) is 0 Å². The van der Waals surface area contributed by atoms with Gasteiger partial charge in [-0.05, 0) is 25.0 Å². The molecule has 4 heteroatoms. The van der Waals surface area contributed by atoms with Crippen LogP contribution in [0.4, 0.5) is 0 Å². The smallest absolute Gasteiger partial charge is 0.226 e. The lowest BCUT2D eigenvalue weighted by Crippen LogP contribution is -2.39. The van der Waals surface area contributed by atoms with Gasteiger partial charge in [-0.15, -0.1) is 0 Å². The highest BCUT2D eigenvalue weighted by Gasteiger charge is 2.20. The molecule has 1 aromatic rings. The van der Waals surface area contributed by atoms with Gasteiger partial charge in [0.25, 0.3) is 0 Å².